The van der Waals surface area contributed by atoms with Gasteiger partial charge in [-0.3, -0.25) is 15.0 Å². The molecule has 0 N–H and O–H groups in total. The summed E-state index contributed by atoms with van der Waals surface area (Å²) < 4.78 is 5.38. The van der Waals surface area contributed by atoms with Crippen LogP contribution in [-0.4, -0.2) is 55.3 Å². The smallest absolute Gasteiger partial charge is 0.292 e. The van der Waals surface area contributed by atoms with Crippen LogP contribution in [0.3, 0.4) is 0 Å². The van der Waals surface area contributed by atoms with E-state index in [1.54, 1.807) is 12.1 Å². The second-order valence-corrected chi connectivity index (χ2v) is 5.65. The Hall–Kier alpha value is -1.66. The van der Waals surface area contributed by atoms with Gasteiger partial charge in [-0.25, -0.2) is 0 Å². The number of nitro benzene ring substituents is 1. The summed E-state index contributed by atoms with van der Waals surface area (Å²) in [7, 11) is 0. The largest absolute Gasteiger partial charge is 0.379 e. The molecule has 0 bridgehead atoms. The van der Waals surface area contributed by atoms with Crippen molar-refractivity contribution >= 4 is 11.4 Å². The van der Waals surface area contributed by atoms with Crippen LogP contribution in [0.2, 0.25) is 0 Å². The highest BCUT2D eigenvalue weighted by molar-refractivity contribution is 5.64. The van der Waals surface area contributed by atoms with Gasteiger partial charge in [-0.05, 0) is 18.9 Å². The van der Waals surface area contributed by atoms with Crippen LogP contribution in [0.25, 0.3) is 0 Å². The van der Waals surface area contributed by atoms with Crippen molar-refractivity contribution in [3.8, 4) is 0 Å². The lowest BCUT2D eigenvalue weighted by Crippen LogP contribution is -2.45. The van der Waals surface area contributed by atoms with E-state index in [0.29, 0.717) is 6.04 Å². The molecule has 6 heteroatoms. The van der Waals surface area contributed by atoms with Gasteiger partial charge < -0.3 is 9.64 Å². The molecule has 2 saturated heterocycles. The second kappa shape index (κ2) is 6.41. The molecule has 0 radical (unpaired) electrons. The number of ether oxygens (including phenoxy) is 1. The number of nitro groups is 1. The lowest BCUT2D eigenvalue weighted by molar-refractivity contribution is -0.384. The molecule has 6 nitrogen and oxygen atoms in total. The fourth-order valence-electron chi connectivity index (χ4n) is 3.29. The number of rotatable bonds is 4. The van der Waals surface area contributed by atoms with Crippen LogP contribution in [0.5, 0.6) is 0 Å². The zero-order valence-electron chi connectivity index (χ0n) is 12.1. The summed E-state index contributed by atoms with van der Waals surface area (Å²) in [6.07, 6.45) is 2.20. The highest BCUT2D eigenvalue weighted by Crippen LogP contribution is 2.33. The van der Waals surface area contributed by atoms with Crippen LogP contribution in [0, 0.1) is 10.1 Å². The first-order valence-electron chi connectivity index (χ1n) is 7.56. The van der Waals surface area contributed by atoms with Gasteiger partial charge in [0.15, 0.2) is 0 Å². The van der Waals surface area contributed by atoms with E-state index in [-0.39, 0.29) is 10.6 Å². The van der Waals surface area contributed by atoms with Crippen molar-refractivity contribution in [3.63, 3.8) is 0 Å². The van der Waals surface area contributed by atoms with Gasteiger partial charge >= 0.3 is 0 Å². The minimum atomic E-state index is -0.278. The molecule has 3 rings (SSSR count). The maximum atomic E-state index is 11.2. The predicted octanol–water partition coefficient (Wildman–Crippen LogP) is 1.90. The SMILES string of the molecule is O=[N+]([O-])c1ccccc1N1CCC[C@H]1CN1CCOCC1. The maximum Gasteiger partial charge on any atom is 0.292 e. The first-order valence-corrected chi connectivity index (χ1v) is 7.56. The summed E-state index contributed by atoms with van der Waals surface area (Å²) in [5, 5.41) is 11.2. The van der Waals surface area contributed by atoms with Crippen molar-refractivity contribution in [1.29, 1.82) is 0 Å². The predicted molar refractivity (Wildman–Crippen MR) is 80.7 cm³/mol. The van der Waals surface area contributed by atoms with Gasteiger partial charge in [0.05, 0.1) is 18.1 Å². The molecule has 1 atom stereocenters. The van der Waals surface area contributed by atoms with Crippen molar-refractivity contribution in [2.45, 2.75) is 18.9 Å². The second-order valence-electron chi connectivity index (χ2n) is 5.65. The van der Waals surface area contributed by atoms with Crippen LogP contribution in [-0.2, 0) is 4.74 Å². The Morgan fingerprint density at radius 3 is 2.76 bits per heavy atom. The quantitative estimate of drug-likeness (QED) is 0.626. The van der Waals surface area contributed by atoms with Gasteiger partial charge in [0, 0.05) is 38.3 Å². The van der Waals surface area contributed by atoms with Gasteiger partial charge in [-0.1, -0.05) is 12.1 Å². The fraction of sp³-hybridized carbons (Fsp3) is 0.600. The van der Waals surface area contributed by atoms with Crippen LogP contribution < -0.4 is 4.90 Å². The van der Waals surface area contributed by atoms with E-state index in [1.165, 1.54) is 0 Å². The summed E-state index contributed by atoms with van der Waals surface area (Å²) in [6.45, 7) is 5.37. The maximum absolute atomic E-state index is 11.2. The average molecular weight is 291 g/mol. The Labute approximate surface area is 124 Å². The first-order chi connectivity index (χ1) is 10.3. The minimum absolute atomic E-state index is 0.214. The monoisotopic (exact) mass is 291 g/mol. The fourth-order valence-corrected chi connectivity index (χ4v) is 3.29. The summed E-state index contributed by atoms with van der Waals surface area (Å²) in [5.74, 6) is 0. The highest BCUT2D eigenvalue weighted by Gasteiger charge is 2.30. The zero-order valence-corrected chi connectivity index (χ0v) is 12.1. The van der Waals surface area contributed by atoms with Crippen molar-refractivity contribution in [2.75, 3.05) is 44.3 Å². The van der Waals surface area contributed by atoms with Crippen molar-refractivity contribution in [3.05, 3.63) is 34.4 Å². The van der Waals surface area contributed by atoms with E-state index >= 15 is 0 Å². The molecular weight excluding hydrogens is 270 g/mol. The molecule has 2 fully saturated rings. The normalized spacial score (nSPS) is 23.4. The minimum Gasteiger partial charge on any atom is -0.379 e. The molecule has 2 aliphatic rings. The van der Waals surface area contributed by atoms with E-state index < -0.39 is 0 Å². The van der Waals surface area contributed by atoms with Crippen LogP contribution in [0.4, 0.5) is 11.4 Å². The molecule has 0 spiro atoms. The molecule has 0 amide bonds. The molecule has 1 aromatic rings. The standard InChI is InChI=1S/C15H21N3O3/c19-18(20)15-6-2-1-5-14(15)17-7-3-4-13(17)12-16-8-10-21-11-9-16/h1-2,5-6,13H,3-4,7-12H2/t13-/m0/s1. The van der Waals surface area contributed by atoms with Crippen LogP contribution in [0.1, 0.15) is 12.8 Å². The number of benzene rings is 1. The molecule has 21 heavy (non-hydrogen) atoms. The highest BCUT2D eigenvalue weighted by atomic mass is 16.6. The third-order valence-corrected chi connectivity index (χ3v) is 4.34. The lowest BCUT2D eigenvalue weighted by atomic mass is 10.1. The lowest BCUT2D eigenvalue weighted by Gasteiger charge is -2.33. The number of anilines is 1. The Bertz CT molecular complexity index is 503. The zero-order chi connectivity index (χ0) is 14.7. The number of nitrogens with zero attached hydrogens (tertiary/aromatic N) is 3. The van der Waals surface area contributed by atoms with Crippen LogP contribution >= 0.6 is 0 Å². The molecule has 114 valence electrons. The summed E-state index contributed by atoms with van der Waals surface area (Å²) >= 11 is 0. The third kappa shape index (κ3) is 3.16. The Morgan fingerprint density at radius 2 is 2.00 bits per heavy atom. The Morgan fingerprint density at radius 1 is 1.24 bits per heavy atom. The summed E-state index contributed by atoms with van der Waals surface area (Å²) in [4.78, 5) is 15.6. The van der Waals surface area contributed by atoms with Gasteiger partial charge in [0.25, 0.3) is 5.69 Å². The van der Waals surface area contributed by atoms with Gasteiger partial charge in [0.1, 0.15) is 5.69 Å². The molecule has 0 aliphatic carbocycles. The van der Waals surface area contributed by atoms with E-state index in [1.807, 2.05) is 12.1 Å². The van der Waals surface area contributed by atoms with E-state index in [0.717, 1.165) is 57.9 Å². The topological polar surface area (TPSA) is 58.9 Å². The number of hydrogen-bond donors (Lipinski definition) is 0. The average Bonchev–Trinajstić information content (AvgIpc) is 2.96. The van der Waals surface area contributed by atoms with Gasteiger partial charge in [0.2, 0.25) is 0 Å². The Kier molecular flexibility index (Phi) is 4.36. The van der Waals surface area contributed by atoms with Gasteiger partial charge in [-0.2, -0.15) is 0 Å². The van der Waals surface area contributed by atoms with Crippen molar-refractivity contribution in [1.82, 2.24) is 4.90 Å². The first kappa shape index (κ1) is 14.3. The van der Waals surface area contributed by atoms with E-state index in [2.05, 4.69) is 9.80 Å². The van der Waals surface area contributed by atoms with E-state index in [9.17, 15) is 10.1 Å². The molecule has 0 unspecified atom stereocenters. The van der Waals surface area contributed by atoms with E-state index in [4.69, 9.17) is 4.74 Å². The van der Waals surface area contributed by atoms with Crippen molar-refractivity contribution < 1.29 is 9.66 Å². The molecule has 2 aliphatic heterocycles. The number of para-hydroxylation sites is 2. The third-order valence-electron chi connectivity index (χ3n) is 4.34. The van der Waals surface area contributed by atoms with Gasteiger partial charge in [-0.15, -0.1) is 0 Å². The molecule has 2 heterocycles. The summed E-state index contributed by atoms with van der Waals surface area (Å²) in [5.41, 5.74) is 0.977. The number of morpholine rings is 1. The number of hydrogen-bond acceptors (Lipinski definition) is 5. The molecular formula is C15H21N3O3. The van der Waals surface area contributed by atoms with Crippen LogP contribution in [0.15, 0.2) is 24.3 Å². The molecule has 0 saturated carbocycles. The van der Waals surface area contributed by atoms with Crippen molar-refractivity contribution in [2.24, 2.45) is 0 Å². The summed E-state index contributed by atoms with van der Waals surface area (Å²) in [6, 6.07) is 7.44. The molecule has 1 aromatic carbocycles. The Balaban J connectivity index is 1.76. The molecule has 0 aromatic heterocycles.